The van der Waals surface area contributed by atoms with Gasteiger partial charge in [0.2, 0.25) is 5.91 Å². The van der Waals surface area contributed by atoms with Gasteiger partial charge in [0.15, 0.2) is 0 Å². The molecule has 2 fully saturated rings. The molecule has 2 heterocycles. The molecule has 5 nitrogen and oxygen atoms in total. The Hall–Kier alpha value is -1.75. The molecule has 0 radical (unpaired) electrons. The van der Waals surface area contributed by atoms with E-state index in [4.69, 9.17) is 16.3 Å². The minimum Gasteiger partial charge on any atom is -0.444 e. The van der Waals surface area contributed by atoms with Crippen LogP contribution in [0.3, 0.4) is 0 Å². The third kappa shape index (κ3) is 4.14. The van der Waals surface area contributed by atoms with Crippen molar-refractivity contribution in [1.82, 2.24) is 9.80 Å². The molecule has 3 rings (SSSR count). The number of benzene rings is 1. The van der Waals surface area contributed by atoms with Gasteiger partial charge in [-0.1, -0.05) is 23.7 Å². The Bertz CT molecular complexity index is 691. The predicted octanol–water partition coefficient (Wildman–Crippen LogP) is 4.09. The van der Waals surface area contributed by atoms with E-state index in [1.54, 1.807) is 4.90 Å². The van der Waals surface area contributed by atoms with Gasteiger partial charge in [0.1, 0.15) is 5.60 Å². The maximum atomic E-state index is 13.0. The van der Waals surface area contributed by atoms with Crippen molar-refractivity contribution in [2.24, 2.45) is 5.41 Å². The van der Waals surface area contributed by atoms with E-state index in [-0.39, 0.29) is 17.4 Å². The highest BCUT2D eigenvalue weighted by molar-refractivity contribution is 6.30. The van der Waals surface area contributed by atoms with Crippen molar-refractivity contribution in [3.05, 3.63) is 34.9 Å². The maximum Gasteiger partial charge on any atom is 0.410 e. The van der Waals surface area contributed by atoms with Gasteiger partial charge in [0.05, 0.1) is 5.41 Å². The lowest BCUT2D eigenvalue weighted by atomic mass is 9.77. The zero-order valence-electron chi connectivity index (χ0n) is 15.8. The lowest BCUT2D eigenvalue weighted by Gasteiger charge is -2.38. The number of hydrogen-bond donors (Lipinski definition) is 0. The average Bonchev–Trinajstić information content (AvgIpc) is 2.84. The van der Waals surface area contributed by atoms with Crippen LogP contribution in [0.5, 0.6) is 0 Å². The molecule has 2 aliphatic heterocycles. The fraction of sp³-hybridized carbons (Fsp3) is 0.600. The molecule has 0 atom stereocenters. The van der Waals surface area contributed by atoms with Crippen LogP contribution in [-0.4, -0.2) is 47.0 Å². The Labute approximate surface area is 160 Å². The lowest BCUT2D eigenvalue weighted by Crippen LogP contribution is -2.47. The van der Waals surface area contributed by atoms with Crippen molar-refractivity contribution >= 4 is 23.6 Å². The van der Waals surface area contributed by atoms with Gasteiger partial charge in [-0.05, 0) is 57.7 Å². The third-order valence-corrected chi connectivity index (χ3v) is 5.47. The van der Waals surface area contributed by atoms with Crippen LogP contribution in [0.2, 0.25) is 5.02 Å². The first-order valence-electron chi connectivity index (χ1n) is 9.20. The summed E-state index contributed by atoms with van der Waals surface area (Å²) in [5.74, 6) is 0.210. The average molecular weight is 379 g/mol. The second-order valence-corrected chi connectivity index (χ2v) is 8.79. The largest absolute Gasteiger partial charge is 0.444 e. The van der Waals surface area contributed by atoms with Gasteiger partial charge in [-0.2, -0.15) is 0 Å². The minimum atomic E-state index is -0.497. The molecule has 0 saturated carbocycles. The SMILES string of the molecule is CC(C)(C)OC(=O)N1CCC2(CC1)CCN(Cc1cccc(Cl)c1)C2=O. The molecule has 2 saturated heterocycles. The van der Waals surface area contributed by atoms with Gasteiger partial charge in [-0.3, -0.25) is 4.79 Å². The van der Waals surface area contributed by atoms with E-state index < -0.39 is 5.60 Å². The molecule has 1 spiro atoms. The van der Waals surface area contributed by atoms with Crippen LogP contribution in [0, 0.1) is 5.41 Å². The Morgan fingerprint density at radius 2 is 1.85 bits per heavy atom. The van der Waals surface area contributed by atoms with Gasteiger partial charge < -0.3 is 14.5 Å². The zero-order chi connectivity index (χ0) is 18.9. The zero-order valence-corrected chi connectivity index (χ0v) is 16.5. The molecular formula is C20H27ClN2O3. The van der Waals surface area contributed by atoms with E-state index in [9.17, 15) is 9.59 Å². The number of amides is 2. The molecule has 0 aliphatic carbocycles. The van der Waals surface area contributed by atoms with E-state index in [2.05, 4.69) is 0 Å². The van der Waals surface area contributed by atoms with Crippen molar-refractivity contribution in [2.45, 2.75) is 52.2 Å². The first-order valence-corrected chi connectivity index (χ1v) is 9.58. The summed E-state index contributed by atoms with van der Waals surface area (Å²) < 4.78 is 5.45. The molecule has 142 valence electrons. The monoisotopic (exact) mass is 378 g/mol. The van der Waals surface area contributed by atoms with Crippen molar-refractivity contribution in [2.75, 3.05) is 19.6 Å². The summed E-state index contributed by atoms with van der Waals surface area (Å²) in [4.78, 5) is 28.9. The second kappa shape index (κ2) is 7.10. The van der Waals surface area contributed by atoms with Gasteiger partial charge in [0, 0.05) is 31.2 Å². The number of ether oxygens (including phenoxy) is 1. The van der Waals surface area contributed by atoms with E-state index >= 15 is 0 Å². The predicted molar refractivity (Wildman–Crippen MR) is 101 cm³/mol. The second-order valence-electron chi connectivity index (χ2n) is 8.35. The Balaban J connectivity index is 1.59. The van der Waals surface area contributed by atoms with Crippen molar-refractivity contribution in [3.8, 4) is 0 Å². The third-order valence-electron chi connectivity index (χ3n) is 5.24. The number of carbonyl (C=O) groups is 2. The first-order chi connectivity index (χ1) is 12.2. The highest BCUT2D eigenvalue weighted by atomic mass is 35.5. The van der Waals surface area contributed by atoms with Gasteiger partial charge in [-0.25, -0.2) is 4.79 Å². The van der Waals surface area contributed by atoms with Crippen LogP contribution < -0.4 is 0 Å². The van der Waals surface area contributed by atoms with Gasteiger partial charge in [0.25, 0.3) is 0 Å². The molecule has 0 unspecified atom stereocenters. The lowest BCUT2D eigenvalue weighted by molar-refractivity contribution is -0.138. The van der Waals surface area contributed by atoms with Gasteiger partial charge >= 0.3 is 6.09 Å². The number of piperidine rings is 1. The number of likely N-dealkylation sites (tertiary alicyclic amines) is 2. The van der Waals surface area contributed by atoms with Crippen LogP contribution in [0.25, 0.3) is 0 Å². The summed E-state index contributed by atoms with van der Waals surface area (Å²) in [6, 6.07) is 7.65. The number of hydrogen-bond acceptors (Lipinski definition) is 3. The molecule has 2 aliphatic rings. The fourth-order valence-corrected chi connectivity index (χ4v) is 4.02. The van der Waals surface area contributed by atoms with E-state index in [1.807, 2.05) is 49.9 Å². The summed E-state index contributed by atoms with van der Waals surface area (Å²) in [5, 5.41) is 0.689. The van der Waals surface area contributed by atoms with Crippen LogP contribution in [0.4, 0.5) is 4.79 Å². The number of nitrogens with zero attached hydrogens (tertiary/aromatic N) is 2. The Morgan fingerprint density at radius 3 is 2.46 bits per heavy atom. The van der Waals surface area contributed by atoms with Crippen molar-refractivity contribution in [3.63, 3.8) is 0 Å². The Morgan fingerprint density at radius 1 is 1.19 bits per heavy atom. The Kier molecular flexibility index (Phi) is 5.20. The normalized spacial score (nSPS) is 19.9. The highest BCUT2D eigenvalue weighted by Gasteiger charge is 2.48. The molecule has 6 heteroatoms. The van der Waals surface area contributed by atoms with Crippen molar-refractivity contribution < 1.29 is 14.3 Å². The topological polar surface area (TPSA) is 49.9 Å². The van der Waals surface area contributed by atoms with Crippen LogP contribution in [0.1, 0.15) is 45.6 Å². The van der Waals surface area contributed by atoms with Crippen LogP contribution in [0.15, 0.2) is 24.3 Å². The minimum absolute atomic E-state index is 0.210. The molecule has 26 heavy (non-hydrogen) atoms. The molecule has 2 amide bonds. The summed E-state index contributed by atoms with van der Waals surface area (Å²) >= 11 is 6.05. The maximum absolute atomic E-state index is 13.0. The fourth-order valence-electron chi connectivity index (χ4n) is 3.81. The number of carbonyl (C=O) groups excluding carboxylic acids is 2. The molecule has 1 aromatic rings. The molecule has 0 aromatic heterocycles. The molecule has 1 aromatic carbocycles. The molecule has 0 bridgehead atoms. The molecule has 0 N–H and O–H groups in total. The van der Waals surface area contributed by atoms with E-state index in [0.717, 1.165) is 18.5 Å². The van der Waals surface area contributed by atoms with Gasteiger partial charge in [-0.15, -0.1) is 0 Å². The summed E-state index contributed by atoms with van der Waals surface area (Å²) in [6.07, 6.45) is 1.98. The first kappa shape index (κ1) is 19.0. The van der Waals surface area contributed by atoms with E-state index in [0.29, 0.717) is 37.5 Å². The number of halogens is 1. The summed E-state index contributed by atoms with van der Waals surface area (Å²) in [7, 11) is 0. The quantitative estimate of drug-likeness (QED) is 0.778. The highest BCUT2D eigenvalue weighted by Crippen LogP contribution is 2.42. The number of rotatable bonds is 2. The standard InChI is InChI=1S/C20H27ClN2O3/c1-19(2,3)26-18(25)22-10-7-20(8-11-22)9-12-23(17(20)24)14-15-5-4-6-16(21)13-15/h4-6,13H,7-12,14H2,1-3H3. The summed E-state index contributed by atoms with van der Waals surface area (Å²) in [5.41, 5.74) is 0.231. The summed E-state index contributed by atoms with van der Waals surface area (Å²) in [6.45, 7) is 8.10. The van der Waals surface area contributed by atoms with E-state index in [1.165, 1.54) is 0 Å². The smallest absolute Gasteiger partial charge is 0.410 e. The molecular weight excluding hydrogens is 352 g/mol. The van der Waals surface area contributed by atoms with Crippen LogP contribution in [-0.2, 0) is 16.1 Å². The van der Waals surface area contributed by atoms with Crippen molar-refractivity contribution in [1.29, 1.82) is 0 Å². The van der Waals surface area contributed by atoms with Crippen LogP contribution >= 0.6 is 11.6 Å².